The first kappa shape index (κ1) is 37.4. The lowest BCUT2D eigenvalue weighted by Crippen LogP contribution is -2.12. The number of imidazole rings is 1. The second-order valence-electron chi connectivity index (χ2n) is 17.2. The van der Waals surface area contributed by atoms with Crippen LogP contribution in [0, 0.1) is 11.3 Å². The molecule has 6 heteroatoms. The molecule has 0 aliphatic carbocycles. The molecule has 0 amide bonds. The highest BCUT2D eigenvalue weighted by Gasteiger charge is 2.22. The van der Waals surface area contributed by atoms with Crippen molar-refractivity contribution in [3.8, 4) is 62.6 Å². The van der Waals surface area contributed by atoms with Crippen LogP contribution in [0.2, 0.25) is 0 Å². The number of fused-ring (bicyclic) bond motifs is 3. The van der Waals surface area contributed by atoms with E-state index in [9.17, 15) is 5.26 Å². The molecule has 0 aliphatic rings. The maximum absolute atomic E-state index is 9.79. The molecule has 0 N–H and O–H groups in total. The molecule has 0 radical (unpaired) electrons. The smallest absolute Gasteiger partial charge is 0.137 e. The number of pyridine rings is 1. The van der Waals surface area contributed by atoms with E-state index in [1.165, 1.54) is 5.56 Å². The summed E-state index contributed by atoms with van der Waals surface area (Å²) in [6, 6.07) is 52.5. The van der Waals surface area contributed by atoms with Crippen LogP contribution in [0.3, 0.4) is 0 Å². The van der Waals surface area contributed by atoms with E-state index in [0.29, 0.717) is 11.3 Å². The predicted octanol–water partition coefficient (Wildman–Crippen LogP) is 13.6. The van der Waals surface area contributed by atoms with Gasteiger partial charge in [-0.15, -0.1) is 0 Å². The van der Waals surface area contributed by atoms with Crippen LogP contribution < -0.4 is 4.74 Å². The fraction of sp³-hybridized carbons (Fsp3) is 0.151. The molecule has 0 bridgehead atoms. The fourth-order valence-electron chi connectivity index (χ4n) is 7.88. The molecule has 6 nitrogen and oxygen atoms in total. The fourth-order valence-corrected chi connectivity index (χ4v) is 7.88. The molecule has 59 heavy (non-hydrogen) atoms. The van der Waals surface area contributed by atoms with Crippen molar-refractivity contribution in [2.24, 2.45) is 0 Å². The second kappa shape index (κ2) is 14.6. The number of ether oxygens (including phenoxy) is 1. The minimum absolute atomic E-state index is 0.0558. The third-order valence-electron chi connectivity index (χ3n) is 11.1. The Kier molecular flexibility index (Phi) is 9.25. The number of benzene rings is 6. The second-order valence-corrected chi connectivity index (χ2v) is 17.2. The summed E-state index contributed by atoms with van der Waals surface area (Å²) in [5, 5.41) is 11.8. The van der Waals surface area contributed by atoms with Crippen LogP contribution in [0.25, 0.3) is 66.8 Å². The van der Waals surface area contributed by atoms with Gasteiger partial charge in [-0.3, -0.25) is 4.57 Å². The van der Waals surface area contributed by atoms with Gasteiger partial charge in [-0.2, -0.15) is 5.26 Å². The Morgan fingerprint density at radius 3 is 1.92 bits per heavy atom. The van der Waals surface area contributed by atoms with Crippen LogP contribution in [0.15, 0.2) is 164 Å². The number of nitrogens with zero attached hydrogens (tertiary/aromatic N) is 5. The third kappa shape index (κ3) is 7.17. The summed E-state index contributed by atoms with van der Waals surface area (Å²) in [6.07, 6.45) is 5.92. The van der Waals surface area contributed by atoms with Gasteiger partial charge in [0.15, 0.2) is 0 Å². The summed E-state index contributed by atoms with van der Waals surface area (Å²) in [5.74, 6) is 2.23. The first-order chi connectivity index (χ1) is 28.4. The number of hydrogen-bond acceptors (Lipinski definition) is 4. The summed E-state index contributed by atoms with van der Waals surface area (Å²) < 4.78 is 11.1. The van der Waals surface area contributed by atoms with E-state index in [1.807, 2.05) is 48.9 Å². The van der Waals surface area contributed by atoms with E-state index < -0.39 is 0 Å². The van der Waals surface area contributed by atoms with Crippen molar-refractivity contribution < 1.29 is 4.74 Å². The SMILES string of the molecule is CC(C)(C)c1cc(Oc2ccc3c4cc(C#N)ccc4n(-c4cc(C(C)(C)C)ccn4)c3c2)cc(-c2cn(-c3c(-c4ccccc4)cccc3-c3ccccc3)cn2)c1. The molecule has 288 valence electrons. The lowest BCUT2D eigenvalue weighted by atomic mass is 9.85. The summed E-state index contributed by atoms with van der Waals surface area (Å²) in [5.41, 5.74) is 12.1. The molecular weight excluding hydrogens is 723 g/mol. The summed E-state index contributed by atoms with van der Waals surface area (Å²) >= 11 is 0. The molecular formula is C53H45N5O. The number of nitriles is 1. The van der Waals surface area contributed by atoms with Crippen LogP contribution in [0.1, 0.15) is 58.2 Å². The summed E-state index contributed by atoms with van der Waals surface area (Å²) in [4.78, 5) is 9.88. The van der Waals surface area contributed by atoms with Crippen LogP contribution in [0.4, 0.5) is 0 Å². The molecule has 0 saturated heterocycles. The van der Waals surface area contributed by atoms with Gasteiger partial charge in [0.25, 0.3) is 0 Å². The highest BCUT2D eigenvalue weighted by molar-refractivity contribution is 6.10. The third-order valence-corrected chi connectivity index (χ3v) is 11.1. The van der Waals surface area contributed by atoms with Crippen molar-refractivity contribution in [2.75, 3.05) is 0 Å². The Labute approximate surface area is 345 Å². The van der Waals surface area contributed by atoms with E-state index in [1.54, 1.807) is 0 Å². The molecule has 0 saturated carbocycles. The highest BCUT2D eigenvalue weighted by Crippen LogP contribution is 2.40. The normalized spacial score (nSPS) is 11.9. The zero-order valence-electron chi connectivity index (χ0n) is 34.2. The molecule has 0 spiro atoms. The van der Waals surface area contributed by atoms with Gasteiger partial charge < -0.3 is 9.30 Å². The lowest BCUT2D eigenvalue weighted by molar-refractivity contribution is 0.479. The Hall–Kier alpha value is -7.23. The van der Waals surface area contributed by atoms with Crippen molar-refractivity contribution in [2.45, 2.75) is 52.4 Å². The number of rotatable bonds is 7. The molecule has 0 unspecified atom stereocenters. The Bertz CT molecular complexity index is 2990. The Morgan fingerprint density at radius 2 is 1.25 bits per heavy atom. The first-order valence-electron chi connectivity index (χ1n) is 20.0. The van der Waals surface area contributed by atoms with Crippen molar-refractivity contribution in [1.82, 2.24) is 19.1 Å². The van der Waals surface area contributed by atoms with Crippen molar-refractivity contribution in [1.29, 1.82) is 5.26 Å². The van der Waals surface area contributed by atoms with Gasteiger partial charge >= 0.3 is 0 Å². The van der Waals surface area contributed by atoms with Gasteiger partial charge in [0, 0.05) is 45.9 Å². The molecule has 9 aromatic rings. The van der Waals surface area contributed by atoms with E-state index in [0.717, 1.165) is 78.1 Å². The average molecular weight is 768 g/mol. The first-order valence-corrected chi connectivity index (χ1v) is 20.0. The van der Waals surface area contributed by atoms with E-state index in [-0.39, 0.29) is 10.8 Å². The maximum atomic E-state index is 9.79. The minimum atomic E-state index is -0.157. The van der Waals surface area contributed by atoms with Crippen molar-refractivity contribution >= 4 is 21.8 Å². The standard InChI is InChI=1S/C53H45N5O/c1-52(2,3)39-24-25-55-50(30-39)58-48-23-20-35(32-54)26-46(48)45-22-21-41(31-49(45)58)59-42-28-38(27-40(29-42)53(4,5)6)47-33-57(34-56-47)51-43(36-14-9-7-10-15-36)18-13-19-44(51)37-16-11-8-12-17-37/h7-31,33-34H,1-6H3. The van der Waals surface area contributed by atoms with Gasteiger partial charge in [-0.05, 0) is 93.7 Å². The molecule has 9 rings (SSSR count). The molecule has 0 aliphatic heterocycles. The highest BCUT2D eigenvalue weighted by atomic mass is 16.5. The minimum Gasteiger partial charge on any atom is -0.457 e. The van der Waals surface area contributed by atoms with Gasteiger partial charge in [0.05, 0.1) is 40.4 Å². The largest absolute Gasteiger partial charge is 0.457 e. The summed E-state index contributed by atoms with van der Waals surface area (Å²) in [7, 11) is 0. The van der Waals surface area contributed by atoms with E-state index >= 15 is 0 Å². The Morgan fingerprint density at radius 1 is 0.559 bits per heavy atom. The molecule has 0 atom stereocenters. The summed E-state index contributed by atoms with van der Waals surface area (Å²) in [6.45, 7) is 13.3. The quantitative estimate of drug-likeness (QED) is 0.162. The van der Waals surface area contributed by atoms with Crippen LogP contribution >= 0.6 is 0 Å². The number of para-hydroxylation sites is 1. The average Bonchev–Trinajstić information content (AvgIpc) is 3.86. The lowest BCUT2D eigenvalue weighted by Gasteiger charge is -2.21. The zero-order chi connectivity index (χ0) is 40.9. The van der Waals surface area contributed by atoms with Crippen LogP contribution in [-0.4, -0.2) is 19.1 Å². The number of aromatic nitrogens is 4. The molecule has 0 fully saturated rings. The van der Waals surface area contributed by atoms with Gasteiger partial charge in [-0.25, -0.2) is 9.97 Å². The Balaban J connectivity index is 1.15. The zero-order valence-corrected chi connectivity index (χ0v) is 34.2. The van der Waals surface area contributed by atoms with Gasteiger partial charge in [-0.1, -0.05) is 120 Å². The van der Waals surface area contributed by atoms with Crippen molar-refractivity contribution in [3.05, 3.63) is 181 Å². The predicted molar refractivity (Wildman–Crippen MR) is 241 cm³/mol. The molecule has 6 aromatic carbocycles. The van der Waals surface area contributed by atoms with Gasteiger partial charge in [0.2, 0.25) is 0 Å². The molecule has 3 heterocycles. The van der Waals surface area contributed by atoms with Crippen LogP contribution in [-0.2, 0) is 10.8 Å². The maximum Gasteiger partial charge on any atom is 0.137 e. The van der Waals surface area contributed by atoms with Crippen LogP contribution in [0.5, 0.6) is 11.5 Å². The van der Waals surface area contributed by atoms with Crippen molar-refractivity contribution in [3.63, 3.8) is 0 Å². The monoisotopic (exact) mass is 767 g/mol. The molecule has 3 aromatic heterocycles. The topological polar surface area (TPSA) is 68.7 Å². The van der Waals surface area contributed by atoms with E-state index in [2.05, 4.69) is 172 Å². The van der Waals surface area contributed by atoms with Gasteiger partial charge in [0.1, 0.15) is 17.3 Å². The van der Waals surface area contributed by atoms with E-state index in [4.69, 9.17) is 14.7 Å². The number of hydrogen-bond donors (Lipinski definition) is 0.